The lowest BCUT2D eigenvalue weighted by atomic mass is 10.1. The Labute approximate surface area is 181 Å². The number of ether oxygens (including phenoxy) is 1. The van der Waals surface area contributed by atoms with Crippen LogP contribution in [0, 0.1) is 6.92 Å². The molecule has 2 aromatic carbocycles. The summed E-state index contributed by atoms with van der Waals surface area (Å²) in [5.74, 6) is 0.412. The van der Waals surface area contributed by atoms with Gasteiger partial charge in [0.1, 0.15) is 5.75 Å². The number of hydrogen-bond acceptors (Lipinski definition) is 7. The topological polar surface area (TPSA) is 115 Å². The summed E-state index contributed by atoms with van der Waals surface area (Å²) in [5.41, 5.74) is 1.93. The second kappa shape index (κ2) is 9.27. The normalized spacial score (nSPS) is 11.5. The van der Waals surface area contributed by atoms with E-state index in [2.05, 4.69) is 15.5 Å². The largest absolute Gasteiger partial charge is 0.496 e. The summed E-state index contributed by atoms with van der Waals surface area (Å²) in [6.45, 7) is 3.98. The van der Waals surface area contributed by atoms with Gasteiger partial charge in [-0.15, -0.1) is 0 Å². The third-order valence-corrected chi connectivity index (χ3v) is 6.47. The molecule has 0 unspecified atom stereocenters. The number of sulfonamides is 1. The van der Waals surface area contributed by atoms with Crippen LogP contribution < -0.4 is 10.1 Å². The number of benzene rings is 2. The molecule has 0 spiro atoms. The summed E-state index contributed by atoms with van der Waals surface area (Å²) < 4.78 is 37.7. The Kier molecular flexibility index (Phi) is 6.71. The molecular weight excluding hydrogens is 420 g/mol. The monoisotopic (exact) mass is 444 g/mol. The van der Waals surface area contributed by atoms with E-state index >= 15 is 0 Å². The van der Waals surface area contributed by atoms with Crippen LogP contribution in [-0.2, 0) is 16.6 Å². The molecule has 0 bridgehead atoms. The Morgan fingerprint density at radius 2 is 1.97 bits per heavy atom. The van der Waals surface area contributed by atoms with Crippen LogP contribution in [0.4, 0.5) is 0 Å². The van der Waals surface area contributed by atoms with Gasteiger partial charge in [0.25, 0.3) is 5.91 Å². The van der Waals surface area contributed by atoms with E-state index in [9.17, 15) is 13.2 Å². The van der Waals surface area contributed by atoms with E-state index in [4.69, 9.17) is 9.26 Å². The van der Waals surface area contributed by atoms with Crippen molar-refractivity contribution in [1.29, 1.82) is 0 Å². The Hall–Kier alpha value is -3.24. The molecule has 31 heavy (non-hydrogen) atoms. The number of amides is 1. The number of nitrogens with one attached hydrogen (secondary N) is 1. The second-order valence-electron chi connectivity index (χ2n) is 6.81. The highest BCUT2D eigenvalue weighted by Gasteiger charge is 2.26. The molecule has 0 aliphatic heterocycles. The van der Waals surface area contributed by atoms with Crippen LogP contribution in [0.3, 0.4) is 0 Å². The minimum absolute atomic E-state index is 0.0457. The molecule has 9 nitrogen and oxygen atoms in total. The highest BCUT2D eigenvalue weighted by molar-refractivity contribution is 7.89. The van der Waals surface area contributed by atoms with E-state index in [1.165, 1.54) is 32.4 Å². The van der Waals surface area contributed by atoms with E-state index in [0.29, 0.717) is 12.4 Å². The fourth-order valence-electron chi connectivity index (χ4n) is 2.99. The van der Waals surface area contributed by atoms with Crippen LogP contribution in [0.2, 0.25) is 0 Å². The molecule has 164 valence electrons. The highest BCUT2D eigenvalue weighted by atomic mass is 32.2. The van der Waals surface area contributed by atoms with Crippen LogP contribution in [0.1, 0.15) is 28.7 Å². The maximum Gasteiger partial charge on any atom is 0.255 e. The lowest BCUT2D eigenvalue weighted by Crippen LogP contribution is -2.28. The number of hydrogen-bond donors (Lipinski definition) is 1. The van der Waals surface area contributed by atoms with Crippen molar-refractivity contribution in [3.8, 4) is 17.1 Å². The summed E-state index contributed by atoms with van der Waals surface area (Å²) >= 11 is 0. The van der Waals surface area contributed by atoms with Crippen molar-refractivity contribution in [2.75, 3.05) is 20.7 Å². The first-order valence-electron chi connectivity index (χ1n) is 9.59. The molecule has 0 saturated heterocycles. The molecule has 0 radical (unpaired) electrons. The quantitative estimate of drug-likeness (QED) is 0.568. The molecule has 0 aliphatic rings. The Balaban J connectivity index is 1.85. The van der Waals surface area contributed by atoms with Crippen molar-refractivity contribution in [3.63, 3.8) is 0 Å². The lowest BCUT2D eigenvalue weighted by Gasteiger charge is -2.16. The molecular formula is C21H24N4O5S. The number of carbonyl (C=O) groups excluding carboxylic acids is 1. The van der Waals surface area contributed by atoms with Crippen LogP contribution in [-0.4, -0.2) is 49.5 Å². The highest BCUT2D eigenvalue weighted by Crippen LogP contribution is 2.25. The zero-order valence-electron chi connectivity index (χ0n) is 17.7. The van der Waals surface area contributed by atoms with Crippen molar-refractivity contribution in [3.05, 3.63) is 59.5 Å². The fraction of sp³-hybridized carbons (Fsp3) is 0.286. The minimum atomic E-state index is -3.93. The third kappa shape index (κ3) is 4.75. The first-order chi connectivity index (χ1) is 14.8. The molecule has 1 aromatic heterocycles. The van der Waals surface area contributed by atoms with E-state index in [0.717, 1.165) is 15.4 Å². The zero-order valence-corrected chi connectivity index (χ0v) is 18.6. The molecule has 0 fully saturated rings. The number of carbonyl (C=O) groups is 1. The summed E-state index contributed by atoms with van der Waals surface area (Å²) in [7, 11) is -1.10. The van der Waals surface area contributed by atoms with Crippen molar-refractivity contribution < 1.29 is 22.5 Å². The number of methoxy groups -OCH3 is 1. The van der Waals surface area contributed by atoms with Crippen molar-refractivity contribution in [2.45, 2.75) is 25.3 Å². The molecule has 3 aromatic rings. The van der Waals surface area contributed by atoms with Gasteiger partial charge >= 0.3 is 0 Å². The van der Waals surface area contributed by atoms with Crippen LogP contribution in [0.25, 0.3) is 11.4 Å². The number of aryl methyl sites for hydroxylation is 1. The fourth-order valence-corrected chi connectivity index (χ4v) is 4.14. The van der Waals surface area contributed by atoms with Gasteiger partial charge in [-0.25, -0.2) is 8.42 Å². The molecule has 1 amide bonds. The van der Waals surface area contributed by atoms with Crippen LogP contribution in [0.5, 0.6) is 5.75 Å². The number of rotatable bonds is 8. The molecule has 3 rings (SSSR count). The van der Waals surface area contributed by atoms with Crippen molar-refractivity contribution in [1.82, 2.24) is 19.8 Å². The van der Waals surface area contributed by atoms with E-state index in [-0.39, 0.29) is 28.6 Å². The van der Waals surface area contributed by atoms with E-state index in [1.54, 1.807) is 6.92 Å². The number of aromatic nitrogens is 2. The summed E-state index contributed by atoms with van der Waals surface area (Å²) in [6.07, 6.45) is 0. The maximum atomic E-state index is 13.1. The predicted octanol–water partition coefficient (Wildman–Crippen LogP) is 2.62. The van der Waals surface area contributed by atoms with Gasteiger partial charge in [-0.05, 0) is 37.6 Å². The van der Waals surface area contributed by atoms with Gasteiger partial charge in [0.15, 0.2) is 0 Å². The Morgan fingerprint density at radius 1 is 1.23 bits per heavy atom. The van der Waals surface area contributed by atoms with Gasteiger partial charge < -0.3 is 14.6 Å². The van der Waals surface area contributed by atoms with Gasteiger partial charge in [0.2, 0.25) is 21.7 Å². The van der Waals surface area contributed by atoms with Crippen molar-refractivity contribution >= 4 is 15.9 Å². The molecule has 1 heterocycles. The first-order valence-corrected chi connectivity index (χ1v) is 11.0. The van der Waals surface area contributed by atoms with Gasteiger partial charge in [-0.2, -0.15) is 9.29 Å². The Morgan fingerprint density at radius 3 is 2.65 bits per heavy atom. The average molecular weight is 445 g/mol. The molecule has 10 heteroatoms. The Bertz CT molecular complexity index is 1190. The minimum Gasteiger partial charge on any atom is -0.496 e. The summed E-state index contributed by atoms with van der Waals surface area (Å²) in [5, 5.41) is 6.60. The predicted molar refractivity (Wildman–Crippen MR) is 114 cm³/mol. The van der Waals surface area contributed by atoms with Crippen LogP contribution in [0.15, 0.2) is 51.9 Å². The molecule has 0 saturated carbocycles. The molecule has 0 aliphatic carbocycles. The zero-order chi connectivity index (χ0) is 22.6. The van der Waals surface area contributed by atoms with E-state index in [1.807, 2.05) is 31.2 Å². The standard InChI is InChI=1S/C21H24N4O5S/c1-5-22-21(26)17-12-15(10-11-18(17)29-4)31(27,28)25(3)13-19-23-20(24-30-19)16-9-7-6-8-14(16)2/h6-12H,5,13H2,1-4H3,(H,22,26). The summed E-state index contributed by atoms with van der Waals surface area (Å²) in [6, 6.07) is 11.7. The first kappa shape index (κ1) is 22.4. The van der Waals surface area contributed by atoms with Gasteiger partial charge in [-0.1, -0.05) is 29.4 Å². The smallest absolute Gasteiger partial charge is 0.255 e. The SMILES string of the molecule is CCNC(=O)c1cc(S(=O)(=O)N(C)Cc2nc(-c3ccccc3C)no2)ccc1OC. The third-order valence-electron chi connectivity index (χ3n) is 4.67. The van der Waals surface area contributed by atoms with Gasteiger partial charge in [0.05, 0.1) is 24.1 Å². The van der Waals surface area contributed by atoms with Crippen LogP contribution >= 0.6 is 0 Å². The average Bonchev–Trinajstić information content (AvgIpc) is 3.21. The maximum absolute atomic E-state index is 13.1. The van der Waals surface area contributed by atoms with Crippen molar-refractivity contribution in [2.24, 2.45) is 0 Å². The second-order valence-corrected chi connectivity index (χ2v) is 8.85. The van der Waals surface area contributed by atoms with Gasteiger partial charge in [-0.3, -0.25) is 4.79 Å². The summed E-state index contributed by atoms with van der Waals surface area (Å²) in [4.78, 5) is 16.6. The lowest BCUT2D eigenvalue weighted by molar-refractivity contribution is 0.0952. The van der Waals surface area contributed by atoms with E-state index < -0.39 is 15.9 Å². The van der Waals surface area contributed by atoms with Gasteiger partial charge in [0, 0.05) is 19.2 Å². The number of nitrogens with zero attached hydrogens (tertiary/aromatic N) is 3. The molecule has 0 atom stereocenters. The molecule has 1 N–H and O–H groups in total.